The molecule has 2 aromatic rings. The molecule has 374 valence electrons. The van der Waals surface area contributed by atoms with Gasteiger partial charge in [-0.3, -0.25) is 29.4 Å². The zero-order valence-corrected chi connectivity index (χ0v) is 42.7. The van der Waals surface area contributed by atoms with E-state index >= 15 is 0 Å². The number of nitrogens with one attached hydrogen (secondary N) is 3. The highest BCUT2D eigenvalue weighted by atomic mass is 16.6. The number of carboxylic acids is 1. The number of carbonyl (C=O) groups excluding carboxylic acids is 5. The van der Waals surface area contributed by atoms with Crippen molar-refractivity contribution in [3.8, 4) is 0 Å². The summed E-state index contributed by atoms with van der Waals surface area (Å²) < 4.78 is 17.4. The highest BCUT2D eigenvalue weighted by Crippen LogP contribution is 2.31. The lowest BCUT2D eigenvalue weighted by Gasteiger charge is -2.41. The molecule has 0 spiro atoms. The molecular weight excluding hydrogens is 857 g/mol. The number of carbonyl (C=O) groups is 6. The van der Waals surface area contributed by atoms with E-state index in [0.29, 0.717) is 43.6 Å². The topological polar surface area (TPSA) is 196 Å². The van der Waals surface area contributed by atoms with Crippen molar-refractivity contribution < 1.29 is 48.1 Å². The van der Waals surface area contributed by atoms with Gasteiger partial charge in [-0.1, -0.05) is 97.4 Å². The third kappa shape index (κ3) is 15.0. The third-order valence-electron chi connectivity index (χ3n) is 13.0. The van der Waals surface area contributed by atoms with Gasteiger partial charge in [0.05, 0.1) is 42.7 Å². The predicted molar refractivity (Wildman–Crippen MR) is 259 cm³/mol. The Morgan fingerprint density at radius 2 is 1.51 bits per heavy atom. The van der Waals surface area contributed by atoms with Crippen LogP contribution in [0.5, 0.6) is 0 Å². The van der Waals surface area contributed by atoms with Gasteiger partial charge in [0.1, 0.15) is 11.6 Å². The van der Waals surface area contributed by atoms with Crippen LogP contribution < -0.4 is 16.0 Å². The Bertz CT molecular complexity index is 1970. The van der Waals surface area contributed by atoms with Crippen LogP contribution in [-0.4, -0.2) is 132 Å². The van der Waals surface area contributed by atoms with Gasteiger partial charge in [0.2, 0.25) is 23.6 Å². The molecule has 16 heteroatoms. The van der Waals surface area contributed by atoms with Gasteiger partial charge < -0.3 is 39.8 Å². The minimum Gasteiger partial charge on any atom is -0.479 e. The fourth-order valence-corrected chi connectivity index (χ4v) is 9.23. The van der Waals surface area contributed by atoms with Crippen molar-refractivity contribution in [2.45, 2.75) is 156 Å². The molecule has 2 aromatic carbocycles. The van der Waals surface area contributed by atoms with E-state index in [1.807, 2.05) is 71.7 Å². The molecule has 0 bridgehead atoms. The number of nitrogens with zero attached hydrogens (tertiary/aromatic N) is 3. The molecule has 4 unspecified atom stereocenters. The first kappa shape index (κ1) is 56.3. The van der Waals surface area contributed by atoms with Crippen LogP contribution in [0.4, 0.5) is 10.5 Å². The monoisotopic (exact) mass is 937 g/mol. The maximum atomic E-state index is 14.7. The molecule has 5 amide bonds. The minimum atomic E-state index is -1.70. The number of rotatable bonds is 23. The first-order valence-electron chi connectivity index (χ1n) is 23.6. The van der Waals surface area contributed by atoms with Crippen molar-refractivity contribution >= 4 is 41.4 Å². The van der Waals surface area contributed by atoms with Crippen LogP contribution >= 0.6 is 0 Å². The Labute approximate surface area is 399 Å². The summed E-state index contributed by atoms with van der Waals surface area (Å²) in [6, 6.07) is 13.3. The summed E-state index contributed by atoms with van der Waals surface area (Å²) in [6.45, 7) is 21.0. The molecule has 1 fully saturated rings. The van der Waals surface area contributed by atoms with E-state index < -0.39 is 71.4 Å². The van der Waals surface area contributed by atoms with Gasteiger partial charge in [-0.15, -0.1) is 0 Å². The number of ether oxygens (including phenoxy) is 3. The number of benzene rings is 2. The average molecular weight is 937 g/mol. The third-order valence-corrected chi connectivity index (χ3v) is 13.0. The Kier molecular flexibility index (Phi) is 20.8. The summed E-state index contributed by atoms with van der Waals surface area (Å²) in [5, 5.41) is 18.8. The Morgan fingerprint density at radius 3 is 2.04 bits per heavy atom. The molecule has 1 aliphatic heterocycles. The standard InChI is InChI=1S/C51H80N6O10/c1-16-33(6)43(39(65-14)29-40(58)57-27-21-26-38(57)44(66-15)34(7)45(59)54-51(11,48(62)63)36-23-18-17-19-24-36)56(13)47(61)41(31(2)3)53-46(60)42(32(4)5)55(12)30-35-22-20-25-37(28-35)52-49(64)67-50(8,9)10/h17-20,22-25,28,31-34,38-39,41-44H,16,21,26-27,29-30H2,1-15H3,(H,52,64)(H,53,60)(H,54,59)(H,62,63)/t33-,34+,38?,39+,41?,42?,43-,44+,51?/m0/s1. The van der Waals surface area contributed by atoms with Crippen LogP contribution in [0, 0.1) is 23.7 Å². The summed E-state index contributed by atoms with van der Waals surface area (Å²) in [5.74, 6) is -3.92. The first-order valence-corrected chi connectivity index (χ1v) is 23.6. The Morgan fingerprint density at radius 1 is 0.866 bits per heavy atom. The van der Waals surface area contributed by atoms with E-state index in [9.17, 15) is 33.9 Å². The van der Waals surface area contributed by atoms with Crippen molar-refractivity contribution in [2.75, 3.05) is 40.2 Å². The van der Waals surface area contributed by atoms with E-state index in [1.165, 1.54) is 21.1 Å². The zero-order chi connectivity index (χ0) is 50.6. The number of anilines is 1. The average Bonchev–Trinajstić information content (AvgIpc) is 3.74. The lowest BCUT2D eigenvalue weighted by Crippen LogP contribution is -2.60. The van der Waals surface area contributed by atoms with Crippen LogP contribution in [0.1, 0.15) is 113 Å². The molecule has 0 aliphatic carbocycles. The van der Waals surface area contributed by atoms with Gasteiger partial charge in [0.25, 0.3) is 0 Å². The van der Waals surface area contributed by atoms with Crippen LogP contribution in [0.25, 0.3) is 0 Å². The van der Waals surface area contributed by atoms with Gasteiger partial charge in [-0.05, 0) is 88.6 Å². The molecular formula is C51H80N6O10. The number of aliphatic carboxylic acids is 1. The Hall–Kier alpha value is -5.06. The lowest BCUT2D eigenvalue weighted by molar-refractivity contribution is -0.150. The highest BCUT2D eigenvalue weighted by molar-refractivity contribution is 5.91. The molecule has 67 heavy (non-hydrogen) atoms. The van der Waals surface area contributed by atoms with Crippen LogP contribution in [0.15, 0.2) is 54.6 Å². The lowest BCUT2D eigenvalue weighted by atomic mass is 9.88. The molecule has 9 atom stereocenters. The number of methoxy groups -OCH3 is 2. The molecule has 3 rings (SSSR count). The van der Waals surface area contributed by atoms with Crippen LogP contribution in [0.2, 0.25) is 0 Å². The van der Waals surface area contributed by atoms with Gasteiger partial charge in [-0.2, -0.15) is 0 Å². The van der Waals surface area contributed by atoms with Crippen molar-refractivity contribution in [2.24, 2.45) is 23.7 Å². The maximum absolute atomic E-state index is 14.7. The number of carboxylic acid groups (broad SMARTS) is 1. The number of likely N-dealkylation sites (N-methyl/N-ethyl adjacent to an activating group) is 2. The van der Waals surface area contributed by atoms with Gasteiger partial charge in [0, 0.05) is 40.0 Å². The predicted octanol–water partition coefficient (Wildman–Crippen LogP) is 6.67. The van der Waals surface area contributed by atoms with Crippen molar-refractivity contribution in [3.05, 3.63) is 65.7 Å². The second-order valence-corrected chi connectivity index (χ2v) is 20.0. The number of amides is 5. The van der Waals surface area contributed by atoms with E-state index in [1.54, 1.807) is 80.9 Å². The summed E-state index contributed by atoms with van der Waals surface area (Å²) in [6.07, 6.45) is -0.176. The minimum absolute atomic E-state index is 0.0604. The van der Waals surface area contributed by atoms with E-state index in [4.69, 9.17) is 14.2 Å². The SMILES string of the molecule is CC[C@H](C)[C@@H]([C@@H](CC(=O)N1CCCC1[C@H](OC)[C@@H](C)C(=O)NC(C)(C(=O)O)c1ccccc1)OC)N(C)C(=O)C(NC(=O)C(C(C)C)N(C)Cc1cccc(NC(=O)OC(C)(C)C)c1)C(C)C. The first-order chi connectivity index (χ1) is 31.3. The quantitative estimate of drug-likeness (QED) is 0.0930. The molecule has 0 aromatic heterocycles. The van der Waals surface area contributed by atoms with E-state index in [0.717, 1.165) is 5.56 Å². The largest absolute Gasteiger partial charge is 0.479 e. The summed E-state index contributed by atoms with van der Waals surface area (Å²) in [7, 11) is 6.56. The number of likely N-dealkylation sites (tertiary alicyclic amines) is 1. The van der Waals surface area contributed by atoms with Crippen LogP contribution in [0.3, 0.4) is 0 Å². The van der Waals surface area contributed by atoms with Crippen molar-refractivity contribution in [1.82, 2.24) is 25.3 Å². The van der Waals surface area contributed by atoms with Crippen molar-refractivity contribution in [3.63, 3.8) is 0 Å². The number of hydrogen-bond donors (Lipinski definition) is 4. The normalized spacial score (nSPS) is 18.2. The smallest absolute Gasteiger partial charge is 0.412 e. The van der Waals surface area contributed by atoms with Gasteiger partial charge in [0.15, 0.2) is 5.54 Å². The highest BCUT2D eigenvalue weighted by Gasteiger charge is 2.45. The summed E-state index contributed by atoms with van der Waals surface area (Å²) >= 11 is 0. The van der Waals surface area contributed by atoms with E-state index in [-0.39, 0.29) is 41.9 Å². The fraction of sp³-hybridized carbons (Fsp3) is 0.647. The fourth-order valence-electron chi connectivity index (χ4n) is 9.23. The second kappa shape index (κ2) is 24.8. The second-order valence-electron chi connectivity index (χ2n) is 20.0. The van der Waals surface area contributed by atoms with E-state index in [2.05, 4.69) is 16.0 Å². The molecule has 0 saturated carbocycles. The molecule has 16 nitrogen and oxygen atoms in total. The summed E-state index contributed by atoms with van der Waals surface area (Å²) in [5.41, 5.74) is -0.509. The summed E-state index contributed by atoms with van der Waals surface area (Å²) in [4.78, 5) is 87.4. The Balaban J connectivity index is 1.80. The van der Waals surface area contributed by atoms with Crippen molar-refractivity contribution in [1.29, 1.82) is 0 Å². The zero-order valence-electron chi connectivity index (χ0n) is 42.7. The molecule has 0 radical (unpaired) electrons. The van der Waals surface area contributed by atoms with Gasteiger partial charge >= 0.3 is 12.1 Å². The van der Waals surface area contributed by atoms with Gasteiger partial charge in [-0.25, -0.2) is 9.59 Å². The molecule has 1 heterocycles. The molecule has 4 N–H and O–H groups in total. The number of hydrogen-bond acceptors (Lipinski definition) is 10. The molecule has 1 aliphatic rings. The maximum Gasteiger partial charge on any atom is 0.412 e. The van der Waals surface area contributed by atoms with Crippen LogP contribution in [-0.2, 0) is 50.3 Å². The molecule has 1 saturated heterocycles.